The number of hydrogen-bond acceptors (Lipinski definition) is 3. The zero-order valence-corrected chi connectivity index (χ0v) is 12.6. The Balaban J connectivity index is 2.07. The lowest BCUT2D eigenvalue weighted by Gasteiger charge is -2.39. The molecular weight excluding hydrogens is 256 g/mol. The third-order valence-corrected chi connectivity index (χ3v) is 4.60. The molecule has 0 spiro atoms. The van der Waals surface area contributed by atoms with Gasteiger partial charge < -0.3 is 14.5 Å². The molecule has 2 fully saturated rings. The molecule has 0 N–H and O–H groups in total. The molecule has 0 aromatic carbocycles. The molecule has 2 heterocycles. The van der Waals surface area contributed by atoms with E-state index in [9.17, 15) is 9.59 Å². The predicted molar refractivity (Wildman–Crippen MR) is 76.2 cm³/mol. The number of likely N-dealkylation sites (N-methyl/N-ethyl adjacent to an activating group) is 1. The molecule has 0 aliphatic carbocycles. The van der Waals surface area contributed by atoms with E-state index in [0.717, 1.165) is 25.9 Å². The van der Waals surface area contributed by atoms with Crippen molar-refractivity contribution in [3.05, 3.63) is 0 Å². The number of rotatable bonds is 3. The molecular formula is C15H26N2O3. The number of ether oxygens (including phenoxy) is 1. The van der Waals surface area contributed by atoms with Crippen LogP contribution in [0.3, 0.4) is 0 Å². The molecule has 5 heteroatoms. The monoisotopic (exact) mass is 282 g/mol. The molecule has 0 aromatic heterocycles. The Hall–Kier alpha value is -1.10. The number of carbonyl (C=O) groups excluding carboxylic acids is 2. The van der Waals surface area contributed by atoms with Gasteiger partial charge in [0, 0.05) is 33.7 Å². The second-order valence-corrected chi connectivity index (χ2v) is 5.91. The molecule has 2 aliphatic heterocycles. The number of piperidine rings is 1. The van der Waals surface area contributed by atoms with Crippen LogP contribution < -0.4 is 0 Å². The first-order valence-electron chi connectivity index (χ1n) is 7.68. The summed E-state index contributed by atoms with van der Waals surface area (Å²) in [7, 11) is 3.41. The minimum atomic E-state index is -0.114. The van der Waals surface area contributed by atoms with E-state index in [1.807, 2.05) is 4.90 Å². The van der Waals surface area contributed by atoms with Crippen molar-refractivity contribution < 1.29 is 14.3 Å². The average Bonchev–Trinajstić information content (AvgIpc) is 2.72. The first-order chi connectivity index (χ1) is 9.65. The van der Waals surface area contributed by atoms with Gasteiger partial charge in [-0.1, -0.05) is 12.8 Å². The second kappa shape index (κ2) is 7.07. The zero-order valence-electron chi connectivity index (χ0n) is 12.6. The van der Waals surface area contributed by atoms with E-state index in [4.69, 9.17) is 4.74 Å². The maximum absolute atomic E-state index is 12.8. The lowest BCUT2D eigenvalue weighted by atomic mass is 9.88. The van der Waals surface area contributed by atoms with Gasteiger partial charge in [0.2, 0.25) is 11.8 Å². The number of hydrogen-bond donors (Lipinski definition) is 0. The summed E-state index contributed by atoms with van der Waals surface area (Å²) in [6, 6.07) is -0.114. The van der Waals surface area contributed by atoms with Crippen molar-refractivity contribution in [1.29, 1.82) is 0 Å². The molecule has 2 amide bonds. The van der Waals surface area contributed by atoms with Crippen LogP contribution in [0.25, 0.3) is 0 Å². The quantitative estimate of drug-likeness (QED) is 0.783. The fraction of sp³-hybridized carbons (Fsp3) is 0.867. The largest absolute Gasteiger partial charge is 0.383 e. The van der Waals surface area contributed by atoms with Crippen molar-refractivity contribution in [2.24, 2.45) is 5.92 Å². The first-order valence-corrected chi connectivity index (χ1v) is 7.68. The van der Waals surface area contributed by atoms with Crippen LogP contribution in [0.4, 0.5) is 0 Å². The Morgan fingerprint density at radius 2 is 1.90 bits per heavy atom. The van der Waals surface area contributed by atoms with Gasteiger partial charge in [0.15, 0.2) is 0 Å². The predicted octanol–water partition coefficient (Wildman–Crippen LogP) is 1.27. The van der Waals surface area contributed by atoms with E-state index >= 15 is 0 Å². The summed E-state index contributed by atoms with van der Waals surface area (Å²) >= 11 is 0. The number of methoxy groups -OCH3 is 1. The van der Waals surface area contributed by atoms with Gasteiger partial charge >= 0.3 is 0 Å². The van der Waals surface area contributed by atoms with Crippen molar-refractivity contribution in [2.75, 3.05) is 33.9 Å². The van der Waals surface area contributed by atoms with Gasteiger partial charge in [-0.2, -0.15) is 0 Å². The van der Waals surface area contributed by atoms with Crippen molar-refractivity contribution in [3.8, 4) is 0 Å². The molecule has 0 aromatic rings. The van der Waals surface area contributed by atoms with Gasteiger partial charge in [-0.3, -0.25) is 9.59 Å². The zero-order chi connectivity index (χ0) is 14.5. The molecule has 2 saturated heterocycles. The molecule has 0 unspecified atom stereocenters. The van der Waals surface area contributed by atoms with E-state index in [1.54, 1.807) is 19.1 Å². The Bertz CT molecular complexity index is 351. The van der Waals surface area contributed by atoms with Crippen molar-refractivity contribution >= 4 is 11.8 Å². The summed E-state index contributed by atoms with van der Waals surface area (Å²) in [6.07, 6.45) is 5.76. The van der Waals surface area contributed by atoms with E-state index in [2.05, 4.69) is 0 Å². The lowest BCUT2D eigenvalue weighted by molar-refractivity contribution is -0.148. The molecule has 20 heavy (non-hydrogen) atoms. The minimum Gasteiger partial charge on any atom is -0.383 e. The molecule has 5 nitrogen and oxygen atoms in total. The topological polar surface area (TPSA) is 49.9 Å². The van der Waals surface area contributed by atoms with Gasteiger partial charge in [0.25, 0.3) is 0 Å². The van der Waals surface area contributed by atoms with E-state index in [0.29, 0.717) is 19.4 Å². The summed E-state index contributed by atoms with van der Waals surface area (Å²) in [5.41, 5.74) is 0. The number of likely N-dealkylation sites (tertiary alicyclic amines) is 2. The molecule has 0 saturated carbocycles. The SMILES string of the molecule is COC[C@@H]1[C@H](C(=O)N2CCCCCC2)CCC(=O)N1C. The van der Waals surface area contributed by atoms with E-state index < -0.39 is 0 Å². The maximum atomic E-state index is 12.8. The summed E-state index contributed by atoms with van der Waals surface area (Å²) < 4.78 is 5.23. The smallest absolute Gasteiger partial charge is 0.227 e. The normalized spacial score (nSPS) is 28.4. The highest BCUT2D eigenvalue weighted by Crippen LogP contribution is 2.26. The molecule has 0 bridgehead atoms. The van der Waals surface area contributed by atoms with Gasteiger partial charge in [-0.15, -0.1) is 0 Å². The highest BCUT2D eigenvalue weighted by atomic mass is 16.5. The third kappa shape index (κ3) is 3.32. The second-order valence-electron chi connectivity index (χ2n) is 5.91. The average molecular weight is 282 g/mol. The van der Waals surface area contributed by atoms with Crippen LogP contribution >= 0.6 is 0 Å². The summed E-state index contributed by atoms with van der Waals surface area (Å²) in [4.78, 5) is 28.3. The fourth-order valence-corrected chi connectivity index (χ4v) is 3.31. The number of nitrogens with zero attached hydrogens (tertiary/aromatic N) is 2. The highest BCUT2D eigenvalue weighted by molar-refractivity contribution is 5.84. The van der Waals surface area contributed by atoms with Crippen molar-refractivity contribution in [2.45, 2.75) is 44.6 Å². The lowest BCUT2D eigenvalue weighted by Crippen LogP contribution is -2.54. The van der Waals surface area contributed by atoms with Crippen molar-refractivity contribution in [3.63, 3.8) is 0 Å². The van der Waals surface area contributed by atoms with E-state index in [1.165, 1.54) is 12.8 Å². The van der Waals surface area contributed by atoms with Crippen LogP contribution in [0.15, 0.2) is 0 Å². The Morgan fingerprint density at radius 1 is 1.25 bits per heavy atom. The first kappa shape index (κ1) is 15.3. The van der Waals surface area contributed by atoms with Crippen LogP contribution in [0.1, 0.15) is 38.5 Å². The molecule has 114 valence electrons. The Labute approximate surface area is 121 Å². The van der Waals surface area contributed by atoms with Crippen LogP contribution in [0.2, 0.25) is 0 Å². The van der Waals surface area contributed by atoms with Gasteiger partial charge in [-0.25, -0.2) is 0 Å². The molecule has 0 radical (unpaired) electrons. The van der Waals surface area contributed by atoms with Gasteiger partial charge in [0.05, 0.1) is 18.6 Å². The Kier molecular flexibility index (Phi) is 5.40. The Morgan fingerprint density at radius 3 is 2.50 bits per heavy atom. The third-order valence-electron chi connectivity index (χ3n) is 4.60. The summed E-state index contributed by atoms with van der Waals surface area (Å²) in [5, 5.41) is 0. The summed E-state index contributed by atoms with van der Waals surface area (Å²) in [5.74, 6) is 0.232. The van der Waals surface area contributed by atoms with Crippen LogP contribution in [0.5, 0.6) is 0 Å². The minimum absolute atomic E-state index is 0.101. The fourth-order valence-electron chi connectivity index (χ4n) is 3.31. The molecule has 2 rings (SSSR count). The summed E-state index contributed by atoms with van der Waals surface area (Å²) in [6.45, 7) is 2.17. The van der Waals surface area contributed by atoms with Crippen LogP contribution in [0, 0.1) is 5.92 Å². The van der Waals surface area contributed by atoms with Crippen LogP contribution in [-0.2, 0) is 14.3 Å². The van der Waals surface area contributed by atoms with Gasteiger partial charge in [0.1, 0.15) is 0 Å². The maximum Gasteiger partial charge on any atom is 0.227 e. The highest BCUT2D eigenvalue weighted by Gasteiger charge is 2.39. The van der Waals surface area contributed by atoms with E-state index in [-0.39, 0.29) is 23.8 Å². The van der Waals surface area contributed by atoms with Crippen molar-refractivity contribution in [1.82, 2.24) is 9.80 Å². The van der Waals surface area contributed by atoms with Gasteiger partial charge in [-0.05, 0) is 19.3 Å². The molecule has 2 aliphatic rings. The standard InChI is InChI=1S/C15H26N2O3/c1-16-13(11-20-2)12(7-8-14(16)18)15(19)17-9-5-3-4-6-10-17/h12-13H,3-11H2,1-2H3/t12-,13-/m1/s1. The number of amides is 2. The molecule has 2 atom stereocenters. The van der Waals surface area contributed by atoms with Crippen LogP contribution in [-0.4, -0.2) is 61.5 Å². The number of carbonyl (C=O) groups is 2.